The topological polar surface area (TPSA) is 34.2 Å². The molecule has 2 rings (SSSR count). The van der Waals surface area contributed by atoms with E-state index in [0.29, 0.717) is 0 Å². The first kappa shape index (κ1) is 15.5. The number of nitrogens with one attached hydrogen (secondary N) is 1. The van der Waals surface area contributed by atoms with Crippen LogP contribution in [0.3, 0.4) is 0 Å². The van der Waals surface area contributed by atoms with Crippen LogP contribution in [0.2, 0.25) is 0 Å². The van der Waals surface area contributed by atoms with Crippen molar-refractivity contribution >= 4 is 0 Å². The van der Waals surface area contributed by atoms with Gasteiger partial charge in [0.05, 0.1) is 12.8 Å². The summed E-state index contributed by atoms with van der Waals surface area (Å²) in [4.78, 5) is 4.28. The highest BCUT2D eigenvalue weighted by atomic mass is 16.5. The minimum atomic E-state index is 0.728. The number of benzene rings is 1. The summed E-state index contributed by atoms with van der Waals surface area (Å²) in [5.41, 5.74) is 3.57. The number of hydrogen-bond donors (Lipinski definition) is 1. The summed E-state index contributed by atoms with van der Waals surface area (Å²) >= 11 is 0. The van der Waals surface area contributed by atoms with Crippen LogP contribution in [-0.2, 0) is 6.54 Å². The molecule has 1 aromatic carbocycles. The minimum absolute atomic E-state index is 0.728. The van der Waals surface area contributed by atoms with E-state index in [2.05, 4.69) is 54.5 Å². The fourth-order valence-electron chi connectivity index (χ4n) is 2.15. The number of aromatic nitrogens is 1. The van der Waals surface area contributed by atoms with Crippen molar-refractivity contribution in [3.05, 3.63) is 48.3 Å². The van der Waals surface area contributed by atoms with Gasteiger partial charge >= 0.3 is 0 Å². The van der Waals surface area contributed by atoms with Crippen molar-refractivity contribution in [1.82, 2.24) is 10.3 Å². The Morgan fingerprint density at radius 1 is 1.05 bits per heavy atom. The van der Waals surface area contributed by atoms with Crippen molar-refractivity contribution in [3.8, 4) is 16.9 Å². The van der Waals surface area contributed by atoms with Gasteiger partial charge in [0.1, 0.15) is 5.75 Å². The van der Waals surface area contributed by atoms with E-state index in [1.807, 2.05) is 6.20 Å². The molecule has 112 valence electrons. The van der Waals surface area contributed by atoms with Gasteiger partial charge in [-0.15, -0.1) is 0 Å². The molecular weight excluding hydrogens is 260 g/mol. The SMILES string of the molecule is CCCNCc1cccc(-c2cncc(OCCC)c2)c1. The molecule has 0 fully saturated rings. The number of pyridine rings is 1. The van der Waals surface area contributed by atoms with E-state index in [9.17, 15) is 0 Å². The van der Waals surface area contributed by atoms with Gasteiger partial charge in [-0.3, -0.25) is 4.98 Å². The Morgan fingerprint density at radius 2 is 1.95 bits per heavy atom. The molecule has 3 nitrogen and oxygen atoms in total. The normalized spacial score (nSPS) is 10.6. The summed E-state index contributed by atoms with van der Waals surface area (Å²) in [6.07, 6.45) is 5.81. The van der Waals surface area contributed by atoms with Crippen molar-refractivity contribution in [1.29, 1.82) is 0 Å². The Morgan fingerprint density at radius 3 is 2.76 bits per heavy atom. The van der Waals surface area contributed by atoms with Crippen LogP contribution >= 0.6 is 0 Å². The van der Waals surface area contributed by atoms with Crippen LogP contribution in [0, 0.1) is 0 Å². The van der Waals surface area contributed by atoms with Gasteiger partial charge in [-0.05, 0) is 42.6 Å². The molecule has 0 bridgehead atoms. The van der Waals surface area contributed by atoms with Crippen molar-refractivity contribution in [2.75, 3.05) is 13.2 Å². The van der Waals surface area contributed by atoms with Gasteiger partial charge in [-0.1, -0.05) is 32.0 Å². The molecule has 0 aliphatic carbocycles. The largest absolute Gasteiger partial charge is 0.492 e. The summed E-state index contributed by atoms with van der Waals surface area (Å²) in [5.74, 6) is 0.837. The first-order valence-corrected chi connectivity index (χ1v) is 7.71. The van der Waals surface area contributed by atoms with E-state index < -0.39 is 0 Å². The molecule has 0 aliphatic heterocycles. The van der Waals surface area contributed by atoms with Crippen molar-refractivity contribution in [2.24, 2.45) is 0 Å². The van der Waals surface area contributed by atoms with Gasteiger partial charge < -0.3 is 10.1 Å². The zero-order valence-electron chi connectivity index (χ0n) is 12.9. The Bertz CT molecular complexity index is 554. The quantitative estimate of drug-likeness (QED) is 0.743. The molecule has 1 heterocycles. The fourth-order valence-corrected chi connectivity index (χ4v) is 2.15. The van der Waals surface area contributed by atoms with E-state index in [1.165, 1.54) is 11.1 Å². The molecule has 1 aromatic heterocycles. The second-order valence-electron chi connectivity index (χ2n) is 5.13. The third-order valence-electron chi connectivity index (χ3n) is 3.20. The zero-order chi connectivity index (χ0) is 14.9. The second-order valence-corrected chi connectivity index (χ2v) is 5.13. The maximum atomic E-state index is 5.65. The maximum Gasteiger partial charge on any atom is 0.138 e. The van der Waals surface area contributed by atoms with Crippen molar-refractivity contribution in [3.63, 3.8) is 0 Å². The highest BCUT2D eigenvalue weighted by molar-refractivity contribution is 5.64. The molecule has 0 saturated heterocycles. The lowest BCUT2D eigenvalue weighted by Crippen LogP contribution is -2.13. The Balaban J connectivity index is 2.11. The first-order chi connectivity index (χ1) is 10.3. The van der Waals surface area contributed by atoms with Crippen LogP contribution in [0.4, 0.5) is 0 Å². The predicted molar refractivity (Wildman–Crippen MR) is 87.5 cm³/mol. The van der Waals surface area contributed by atoms with Crippen LogP contribution in [0.15, 0.2) is 42.7 Å². The average molecular weight is 284 g/mol. The summed E-state index contributed by atoms with van der Waals surface area (Å²) < 4.78 is 5.65. The number of hydrogen-bond acceptors (Lipinski definition) is 3. The van der Waals surface area contributed by atoms with Gasteiger partial charge in [-0.2, -0.15) is 0 Å². The van der Waals surface area contributed by atoms with Crippen molar-refractivity contribution in [2.45, 2.75) is 33.2 Å². The first-order valence-electron chi connectivity index (χ1n) is 7.71. The standard InChI is InChI=1S/C18H24N2O/c1-3-8-19-12-15-6-5-7-16(10-15)17-11-18(14-20-13-17)21-9-4-2/h5-7,10-11,13-14,19H,3-4,8-9,12H2,1-2H3. The van der Waals surface area contributed by atoms with Crippen LogP contribution in [-0.4, -0.2) is 18.1 Å². The van der Waals surface area contributed by atoms with E-state index in [0.717, 1.165) is 43.9 Å². The molecule has 2 aromatic rings. The summed E-state index contributed by atoms with van der Waals surface area (Å²) in [6, 6.07) is 10.6. The molecule has 0 spiro atoms. The Kier molecular flexibility index (Phi) is 6.22. The van der Waals surface area contributed by atoms with Crippen LogP contribution < -0.4 is 10.1 Å². The third-order valence-corrected chi connectivity index (χ3v) is 3.20. The molecule has 0 unspecified atom stereocenters. The molecule has 0 saturated carbocycles. The van der Waals surface area contributed by atoms with Gasteiger partial charge in [0.2, 0.25) is 0 Å². The van der Waals surface area contributed by atoms with Crippen LogP contribution in [0.1, 0.15) is 32.3 Å². The summed E-state index contributed by atoms with van der Waals surface area (Å²) in [6.45, 7) is 6.96. The fraction of sp³-hybridized carbons (Fsp3) is 0.389. The van der Waals surface area contributed by atoms with E-state index in [-0.39, 0.29) is 0 Å². The molecule has 0 atom stereocenters. The van der Waals surface area contributed by atoms with Gasteiger partial charge in [0.15, 0.2) is 0 Å². The zero-order valence-corrected chi connectivity index (χ0v) is 12.9. The summed E-state index contributed by atoms with van der Waals surface area (Å²) in [5, 5.41) is 3.43. The van der Waals surface area contributed by atoms with E-state index >= 15 is 0 Å². The molecule has 0 amide bonds. The lowest BCUT2D eigenvalue weighted by atomic mass is 10.0. The van der Waals surface area contributed by atoms with E-state index in [4.69, 9.17) is 4.74 Å². The van der Waals surface area contributed by atoms with E-state index in [1.54, 1.807) is 6.20 Å². The smallest absolute Gasteiger partial charge is 0.138 e. The van der Waals surface area contributed by atoms with Gasteiger partial charge in [-0.25, -0.2) is 0 Å². The molecule has 3 heteroatoms. The van der Waals surface area contributed by atoms with Crippen LogP contribution in [0.25, 0.3) is 11.1 Å². The van der Waals surface area contributed by atoms with Gasteiger partial charge in [0, 0.05) is 18.3 Å². The molecular formula is C18H24N2O. The summed E-state index contributed by atoms with van der Waals surface area (Å²) in [7, 11) is 0. The highest BCUT2D eigenvalue weighted by Gasteiger charge is 2.02. The lowest BCUT2D eigenvalue weighted by Gasteiger charge is -2.08. The van der Waals surface area contributed by atoms with Crippen LogP contribution in [0.5, 0.6) is 5.75 Å². The highest BCUT2D eigenvalue weighted by Crippen LogP contribution is 2.23. The molecule has 1 N–H and O–H groups in total. The average Bonchev–Trinajstić information content (AvgIpc) is 2.54. The number of nitrogens with zero attached hydrogens (tertiary/aromatic N) is 1. The number of ether oxygens (including phenoxy) is 1. The molecule has 0 radical (unpaired) electrons. The van der Waals surface area contributed by atoms with Gasteiger partial charge in [0.25, 0.3) is 0 Å². The second kappa shape index (κ2) is 8.42. The molecule has 21 heavy (non-hydrogen) atoms. The maximum absolute atomic E-state index is 5.65. The lowest BCUT2D eigenvalue weighted by molar-refractivity contribution is 0.316. The molecule has 0 aliphatic rings. The monoisotopic (exact) mass is 284 g/mol. The third kappa shape index (κ3) is 4.87. The van der Waals surface area contributed by atoms with Crippen molar-refractivity contribution < 1.29 is 4.74 Å². The number of rotatable bonds is 8. The Labute approximate surface area is 127 Å². The predicted octanol–water partition coefficient (Wildman–Crippen LogP) is 4.04. The Hall–Kier alpha value is -1.87. The minimum Gasteiger partial charge on any atom is -0.492 e.